The molecule has 2 nitrogen and oxygen atoms in total. The average Bonchev–Trinajstić information content (AvgIpc) is 2.77. The number of nitriles is 1. The van der Waals surface area contributed by atoms with Crippen LogP contribution in [0.25, 0.3) is 0 Å². The fourth-order valence-corrected chi connectivity index (χ4v) is 2.15. The quantitative estimate of drug-likeness (QED) is 0.806. The summed E-state index contributed by atoms with van der Waals surface area (Å²) in [6, 6.07) is 5.44. The van der Waals surface area contributed by atoms with Crippen LogP contribution in [0, 0.1) is 28.4 Å². The Labute approximate surface area is 98.8 Å². The summed E-state index contributed by atoms with van der Waals surface area (Å²) in [5.74, 6) is -1.35. The Kier molecular flexibility index (Phi) is 3.28. The van der Waals surface area contributed by atoms with Crippen molar-refractivity contribution in [3.05, 3.63) is 29.8 Å². The molecule has 0 bridgehead atoms. The highest BCUT2D eigenvalue weighted by atomic mass is 19.1. The van der Waals surface area contributed by atoms with Gasteiger partial charge in [-0.1, -0.05) is 12.8 Å². The molecule has 2 rings (SSSR count). The lowest BCUT2D eigenvalue weighted by Crippen LogP contribution is -2.23. The number of hydrogen-bond donors (Lipinski definition) is 0. The molecule has 0 aliphatic heterocycles. The summed E-state index contributed by atoms with van der Waals surface area (Å²) in [4.78, 5) is 0. The van der Waals surface area contributed by atoms with Crippen LogP contribution >= 0.6 is 0 Å². The molecular weight excluding hydrogens is 224 g/mol. The van der Waals surface area contributed by atoms with Crippen LogP contribution in [0.1, 0.15) is 25.7 Å². The maximum atomic E-state index is 13.3. The van der Waals surface area contributed by atoms with Gasteiger partial charge >= 0.3 is 0 Å². The monoisotopic (exact) mass is 237 g/mol. The number of ether oxygens (including phenoxy) is 1. The van der Waals surface area contributed by atoms with Gasteiger partial charge in [-0.25, -0.2) is 8.78 Å². The molecule has 1 aromatic rings. The maximum Gasteiger partial charge on any atom is 0.167 e. The van der Waals surface area contributed by atoms with Gasteiger partial charge in [-0.15, -0.1) is 0 Å². The van der Waals surface area contributed by atoms with E-state index in [2.05, 4.69) is 6.07 Å². The zero-order valence-corrected chi connectivity index (χ0v) is 9.38. The van der Waals surface area contributed by atoms with Gasteiger partial charge in [-0.05, 0) is 25.0 Å². The predicted octanol–water partition coefficient (Wildman–Crippen LogP) is 3.43. The highest BCUT2D eigenvalue weighted by Gasteiger charge is 2.35. The number of rotatable bonds is 3. The third kappa shape index (κ3) is 2.55. The smallest absolute Gasteiger partial charge is 0.167 e. The lowest BCUT2D eigenvalue weighted by Gasteiger charge is -2.20. The molecule has 0 saturated heterocycles. The Morgan fingerprint density at radius 2 is 2.00 bits per heavy atom. The van der Waals surface area contributed by atoms with Crippen molar-refractivity contribution in [3.63, 3.8) is 0 Å². The lowest BCUT2D eigenvalue weighted by atomic mass is 9.89. The molecule has 0 aromatic heterocycles. The number of nitrogens with zero attached hydrogens (tertiary/aromatic N) is 1. The zero-order valence-electron chi connectivity index (χ0n) is 9.38. The first-order chi connectivity index (χ1) is 8.15. The van der Waals surface area contributed by atoms with E-state index in [4.69, 9.17) is 10.00 Å². The van der Waals surface area contributed by atoms with Gasteiger partial charge in [0.1, 0.15) is 12.4 Å². The van der Waals surface area contributed by atoms with E-state index in [1.54, 1.807) is 0 Å². The fraction of sp³-hybridized carbons (Fsp3) is 0.462. The SMILES string of the molecule is N#CC1(COc2ccc(F)cc2F)CCCC1. The number of halogens is 2. The second-order valence-corrected chi connectivity index (χ2v) is 4.46. The van der Waals surface area contributed by atoms with E-state index in [1.165, 1.54) is 6.07 Å². The molecule has 0 unspecified atom stereocenters. The number of hydrogen-bond acceptors (Lipinski definition) is 2. The van der Waals surface area contributed by atoms with Crippen molar-refractivity contribution in [1.29, 1.82) is 5.26 Å². The van der Waals surface area contributed by atoms with E-state index >= 15 is 0 Å². The summed E-state index contributed by atoms with van der Waals surface area (Å²) in [6.45, 7) is 0.173. The molecule has 0 spiro atoms. The minimum Gasteiger partial charge on any atom is -0.489 e. The minimum atomic E-state index is -0.726. The second-order valence-electron chi connectivity index (χ2n) is 4.46. The van der Waals surface area contributed by atoms with Gasteiger partial charge in [-0.3, -0.25) is 0 Å². The topological polar surface area (TPSA) is 33.0 Å². The van der Waals surface area contributed by atoms with Gasteiger partial charge in [-0.2, -0.15) is 5.26 Å². The van der Waals surface area contributed by atoms with Crippen molar-refractivity contribution in [1.82, 2.24) is 0 Å². The molecule has 0 N–H and O–H groups in total. The van der Waals surface area contributed by atoms with E-state index in [9.17, 15) is 8.78 Å². The molecule has 1 aliphatic carbocycles. The Balaban J connectivity index is 2.04. The van der Waals surface area contributed by atoms with E-state index in [-0.39, 0.29) is 12.4 Å². The molecule has 0 radical (unpaired) electrons. The van der Waals surface area contributed by atoms with E-state index < -0.39 is 17.0 Å². The molecule has 1 fully saturated rings. The molecule has 4 heteroatoms. The van der Waals surface area contributed by atoms with Gasteiger partial charge < -0.3 is 4.74 Å². The first kappa shape index (κ1) is 11.8. The van der Waals surface area contributed by atoms with E-state index in [1.807, 2.05) is 0 Å². The standard InChI is InChI=1S/C13H13F2NO/c14-10-3-4-12(11(15)7-10)17-9-13(8-16)5-1-2-6-13/h3-4,7H,1-2,5-6,9H2. The Morgan fingerprint density at radius 3 is 2.59 bits per heavy atom. The zero-order chi connectivity index (χ0) is 12.3. The maximum absolute atomic E-state index is 13.3. The van der Waals surface area contributed by atoms with Crippen LogP contribution in [0.4, 0.5) is 8.78 Å². The lowest BCUT2D eigenvalue weighted by molar-refractivity contribution is 0.194. The van der Waals surface area contributed by atoms with Crippen molar-refractivity contribution >= 4 is 0 Å². The van der Waals surface area contributed by atoms with Gasteiger partial charge in [0.2, 0.25) is 0 Å². The fourth-order valence-electron chi connectivity index (χ4n) is 2.15. The molecule has 17 heavy (non-hydrogen) atoms. The largest absolute Gasteiger partial charge is 0.489 e. The van der Waals surface area contributed by atoms with Crippen LogP contribution in [0.3, 0.4) is 0 Å². The summed E-state index contributed by atoms with van der Waals surface area (Å²) in [5, 5.41) is 9.12. The van der Waals surface area contributed by atoms with Crippen molar-refractivity contribution in [3.8, 4) is 11.8 Å². The number of benzene rings is 1. The van der Waals surface area contributed by atoms with Crippen LogP contribution in [0.5, 0.6) is 5.75 Å². The summed E-state index contributed by atoms with van der Waals surface area (Å²) < 4.78 is 31.3. The molecule has 0 heterocycles. The summed E-state index contributed by atoms with van der Waals surface area (Å²) in [5.41, 5.74) is -0.499. The van der Waals surface area contributed by atoms with Crippen LogP contribution < -0.4 is 4.74 Å². The molecule has 1 aromatic carbocycles. The normalized spacial score (nSPS) is 17.7. The summed E-state index contributed by atoms with van der Waals surface area (Å²) in [6.07, 6.45) is 3.57. The molecule has 1 aliphatic rings. The van der Waals surface area contributed by atoms with Gasteiger partial charge in [0.15, 0.2) is 11.6 Å². The van der Waals surface area contributed by atoms with Crippen molar-refractivity contribution < 1.29 is 13.5 Å². The molecule has 0 atom stereocenters. The molecular formula is C13H13F2NO. The van der Waals surface area contributed by atoms with Crippen LogP contribution in [0.15, 0.2) is 18.2 Å². The van der Waals surface area contributed by atoms with Gasteiger partial charge in [0.25, 0.3) is 0 Å². The predicted molar refractivity (Wildman–Crippen MR) is 58.4 cm³/mol. The second kappa shape index (κ2) is 4.70. The average molecular weight is 237 g/mol. The first-order valence-corrected chi connectivity index (χ1v) is 5.64. The van der Waals surface area contributed by atoms with Crippen LogP contribution in [-0.2, 0) is 0 Å². The highest BCUT2D eigenvalue weighted by Crippen LogP contribution is 2.38. The third-order valence-electron chi connectivity index (χ3n) is 3.20. The molecule has 90 valence electrons. The third-order valence-corrected chi connectivity index (χ3v) is 3.20. The summed E-state index contributed by atoms with van der Waals surface area (Å²) in [7, 11) is 0. The van der Waals surface area contributed by atoms with E-state index in [0.29, 0.717) is 0 Å². The Hall–Kier alpha value is -1.63. The van der Waals surface area contributed by atoms with Gasteiger partial charge in [0.05, 0.1) is 11.5 Å². The molecule has 1 saturated carbocycles. The van der Waals surface area contributed by atoms with Gasteiger partial charge in [0, 0.05) is 6.07 Å². The Morgan fingerprint density at radius 1 is 1.29 bits per heavy atom. The summed E-state index contributed by atoms with van der Waals surface area (Å²) >= 11 is 0. The van der Waals surface area contributed by atoms with Crippen molar-refractivity contribution in [2.75, 3.05) is 6.61 Å². The molecule has 0 amide bonds. The first-order valence-electron chi connectivity index (χ1n) is 5.64. The van der Waals surface area contributed by atoms with Crippen molar-refractivity contribution in [2.24, 2.45) is 5.41 Å². The van der Waals surface area contributed by atoms with E-state index in [0.717, 1.165) is 37.8 Å². The Bertz CT molecular complexity index is 447. The van der Waals surface area contributed by atoms with Crippen LogP contribution in [0.2, 0.25) is 0 Å². The van der Waals surface area contributed by atoms with Crippen molar-refractivity contribution in [2.45, 2.75) is 25.7 Å². The highest BCUT2D eigenvalue weighted by molar-refractivity contribution is 5.25. The minimum absolute atomic E-state index is 0.00734. The van der Waals surface area contributed by atoms with Crippen LogP contribution in [-0.4, -0.2) is 6.61 Å².